The molecule has 1 unspecified atom stereocenters. The quantitative estimate of drug-likeness (QED) is 0.804. The zero-order chi connectivity index (χ0) is 20.1. The summed E-state index contributed by atoms with van der Waals surface area (Å²) in [5.74, 6) is 0.479. The molecular formula is C22H25NO5. The molecule has 0 spiro atoms. The van der Waals surface area contributed by atoms with Gasteiger partial charge in [0.25, 0.3) is 0 Å². The van der Waals surface area contributed by atoms with E-state index in [1.165, 1.54) is 0 Å². The normalized spacial score (nSPS) is 22.7. The lowest BCUT2D eigenvalue weighted by molar-refractivity contribution is -0.138. The molecule has 1 aromatic carbocycles. The average molecular weight is 383 g/mol. The zero-order valence-electron chi connectivity index (χ0n) is 16.7. The number of hydrogen-bond acceptors (Lipinski definition) is 6. The van der Waals surface area contributed by atoms with E-state index in [2.05, 4.69) is 19.2 Å². The number of rotatable bonds is 3. The van der Waals surface area contributed by atoms with E-state index in [4.69, 9.17) is 14.2 Å². The molecule has 1 N–H and O–H groups in total. The number of benzene rings is 1. The maximum atomic E-state index is 13.2. The van der Waals surface area contributed by atoms with Crippen molar-refractivity contribution in [3.05, 3.63) is 46.3 Å². The fraction of sp³-hybridized carbons (Fsp3) is 0.455. The Hall–Kier alpha value is -2.76. The van der Waals surface area contributed by atoms with Crippen LogP contribution < -0.4 is 14.8 Å². The van der Waals surface area contributed by atoms with E-state index < -0.39 is 11.9 Å². The summed E-state index contributed by atoms with van der Waals surface area (Å²) in [5.41, 5.74) is 3.47. The van der Waals surface area contributed by atoms with Crippen LogP contribution in [0.2, 0.25) is 0 Å². The van der Waals surface area contributed by atoms with Crippen molar-refractivity contribution in [2.24, 2.45) is 5.41 Å². The van der Waals surface area contributed by atoms with Gasteiger partial charge >= 0.3 is 5.97 Å². The molecule has 6 heteroatoms. The number of esters is 1. The Morgan fingerprint density at radius 3 is 2.75 bits per heavy atom. The molecule has 148 valence electrons. The van der Waals surface area contributed by atoms with Crippen LogP contribution >= 0.6 is 0 Å². The molecule has 1 atom stereocenters. The first-order chi connectivity index (χ1) is 13.3. The molecule has 1 aromatic rings. The Morgan fingerprint density at radius 1 is 1.25 bits per heavy atom. The largest absolute Gasteiger partial charge is 0.463 e. The number of carbonyl (C=O) groups is 2. The van der Waals surface area contributed by atoms with Crippen LogP contribution in [0.1, 0.15) is 52.0 Å². The maximum Gasteiger partial charge on any atom is 0.336 e. The number of carbonyl (C=O) groups excluding carboxylic acids is 2. The molecule has 2 aliphatic heterocycles. The van der Waals surface area contributed by atoms with E-state index in [1.54, 1.807) is 6.92 Å². The number of hydrogen-bond donors (Lipinski definition) is 1. The van der Waals surface area contributed by atoms with Gasteiger partial charge in [0.15, 0.2) is 17.3 Å². The Balaban J connectivity index is 1.87. The Kier molecular flexibility index (Phi) is 4.44. The topological polar surface area (TPSA) is 73.9 Å². The van der Waals surface area contributed by atoms with E-state index in [0.29, 0.717) is 29.1 Å². The van der Waals surface area contributed by atoms with Crippen molar-refractivity contribution in [2.75, 3.05) is 13.4 Å². The van der Waals surface area contributed by atoms with Crippen LogP contribution in [0, 0.1) is 5.41 Å². The van der Waals surface area contributed by atoms with E-state index in [-0.39, 0.29) is 24.6 Å². The second-order valence-electron chi connectivity index (χ2n) is 8.26. The highest BCUT2D eigenvalue weighted by Crippen LogP contribution is 2.48. The van der Waals surface area contributed by atoms with Crippen molar-refractivity contribution in [3.8, 4) is 11.5 Å². The van der Waals surface area contributed by atoms with Crippen LogP contribution in [-0.2, 0) is 14.3 Å². The van der Waals surface area contributed by atoms with Gasteiger partial charge in [0.2, 0.25) is 6.79 Å². The van der Waals surface area contributed by atoms with E-state index in [9.17, 15) is 9.59 Å². The van der Waals surface area contributed by atoms with Gasteiger partial charge in [-0.1, -0.05) is 19.9 Å². The summed E-state index contributed by atoms with van der Waals surface area (Å²) in [5, 5.41) is 3.33. The molecule has 0 fully saturated rings. The van der Waals surface area contributed by atoms with Crippen LogP contribution in [0.15, 0.2) is 40.7 Å². The monoisotopic (exact) mass is 383 g/mol. The van der Waals surface area contributed by atoms with Crippen molar-refractivity contribution in [3.63, 3.8) is 0 Å². The number of ketones is 1. The van der Waals surface area contributed by atoms with Gasteiger partial charge in [-0.15, -0.1) is 0 Å². The number of nitrogens with one attached hydrogen (secondary N) is 1. The van der Waals surface area contributed by atoms with Crippen LogP contribution in [0.4, 0.5) is 0 Å². The second kappa shape index (κ2) is 6.69. The molecule has 3 aliphatic rings. The van der Waals surface area contributed by atoms with Gasteiger partial charge < -0.3 is 19.5 Å². The fourth-order valence-electron chi connectivity index (χ4n) is 4.34. The predicted molar refractivity (Wildman–Crippen MR) is 103 cm³/mol. The molecule has 1 aliphatic carbocycles. The van der Waals surface area contributed by atoms with E-state index in [0.717, 1.165) is 23.4 Å². The Labute approximate surface area is 164 Å². The summed E-state index contributed by atoms with van der Waals surface area (Å²) in [7, 11) is 0. The highest BCUT2D eigenvalue weighted by molar-refractivity contribution is 6.04. The second-order valence-corrected chi connectivity index (χ2v) is 8.26. The first-order valence-corrected chi connectivity index (χ1v) is 9.61. The minimum absolute atomic E-state index is 0.0655. The number of Topliss-reactive ketones (excluding diaryl/α,β-unsaturated/α-hetero) is 1. The number of allylic oxidation sites excluding steroid dienone is 3. The SMILES string of the molecule is CCOC(=O)C1=C(C)NC2=C(C(=O)CC(C)(C)C2)C1c1ccc2c(c1)OCO2. The first kappa shape index (κ1) is 18.6. The lowest BCUT2D eigenvalue weighted by Gasteiger charge is -2.39. The summed E-state index contributed by atoms with van der Waals surface area (Å²) >= 11 is 0. The van der Waals surface area contributed by atoms with Crippen molar-refractivity contribution in [1.29, 1.82) is 0 Å². The predicted octanol–water partition coefficient (Wildman–Crippen LogP) is 3.58. The fourth-order valence-corrected chi connectivity index (χ4v) is 4.34. The molecule has 0 aromatic heterocycles. The summed E-state index contributed by atoms with van der Waals surface area (Å²) in [6.45, 7) is 8.26. The van der Waals surface area contributed by atoms with Gasteiger partial charge in [0.05, 0.1) is 12.2 Å². The molecule has 4 rings (SSSR count). The summed E-state index contributed by atoms with van der Waals surface area (Å²) in [6, 6.07) is 5.59. The summed E-state index contributed by atoms with van der Waals surface area (Å²) in [4.78, 5) is 26.0. The minimum Gasteiger partial charge on any atom is -0.463 e. The molecule has 0 saturated heterocycles. The standard InChI is InChI=1S/C22H25NO5/c1-5-26-21(25)18-12(2)23-14-9-22(3,4)10-15(24)20(14)19(18)13-6-7-16-17(8-13)28-11-27-16/h6-8,19,23H,5,9-11H2,1-4H3. The van der Waals surface area contributed by atoms with Gasteiger partial charge in [0, 0.05) is 29.3 Å². The number of ether oxygens (including phenoxy) is 3. The minimum atomic E-state index is -0.478. The maximum absolute atomic E-state index is 13.2. The highest BCUT2D eigenvalue weighted by Gasteiger charge is 2.43. The Morgan fingerprint density at radius 2 is 2.00 bits per heavy atom. The van der Waals surface area contributed by atoms with Gasteiger partial charge in [-0.25, -0.2) is 4.79 Å². The smallest absolute Gasteiger partial charge is 0.336 e. The molecule has 0 radical (unpaired) electrons. The average Bonchev–Trinajstić information content (AvgIpc) is 3.07. The van der Waals surface area contributed by atoms with Crippen LogP contribution in [-0.4, -0.2) is 25.2 Å². The van der Waals surface area contributed by atoms with Crippen molar-refractivity contribution in [2.45, 2.75) is 46.5 Å². The third-order valence-electron chi connectivity index (χ3n) is 5.47. The molecule has 0 amide bonds. The molecule has 6 nitrogen and oxygen atoms in total. The lowest BCUT2D eigenvalue weighted by atomic mass is 9.68. The molecule has 2 heterocycles. The zero-order valence-corrected chi connectivity index (χ0v) is 16.7. The first-order valence-electron chi connectivity index (χ1n) is 9.61. The van der Waals surface area contributed by atoms with Crippen LogP contribution in [0.5, 0.6) is 11.5 Å². The van der Waals surface area contributed by atoms with Gasteiger partial charge in [-0.05, 0) is 43.4 Å². The summed E-state index contributed by atoms with van der Waals surface area (Å²) < 4.78 is 16.3. The van der Waals surface area contributed by atoms with Gasteiger partial charge in [0.1, 0.15) is 0 Å². The van der Waals surface area contributed by atoms with Crippen molar-refractivity contribution >= 4 is 11.8 Å². The molecule has 28 heavy (non-hydrogen) atoms. The van der Waals surface area contributed by atoms with Crippen molar-refractivity contribution in [1.82, 2.24) is 5.32 Å². The highest BCUT2D eigenvalue weighted by atomic mass is 16.7. The molecular weight excluding hydrogens is 358 g/mol. The number of dihydropyridines is 1. The van der Waals surface area contributed by atoms with Crippen LogP contribution in [0.3, 0.4) is 0 Å². The van der Waals surface area contributed by atoms with Crippen molar-refractivity contribution < 1.29 is 23.8 Å². The molecule has 0 bridgehead atoms. The molecule has 0 saturated carbocycles. The lowest BCUT2D eigenvalue weighted by Crippen LogP contribution is -2.38. The van der Waals surface area contributed by atoms with Crippen LogP contribution in [0.25, 0.3) is 0 Å². The number of fused-ring (bicyclic) bond motifs is 1. The Bertz CT molecular complexity index is 925. The van der Waals surface area contributed by atoms with Gasteiger partial charge in [-0.2, -0.15) is 0 Å². The van der Waals surface area contributed by atoms with Gasteiger partial charge in [-0.3, -0.25) is 4.79 Å². The third kappa shape index (κ3) is 3.07. The summed E-state index contributed by atoms with van der Waals surface area (Å²) in [6.07, 6.45) is 1.20. The van der Waals surface area contributed by atoms with E-state index >= 15 is 0 Å². The third-order valence-corrected chi connectivity index (χ3v) is 5.47. The van der Waals surface area contributed by atoms with E-state index in [1.807, 2.05) is 25.1 Å².